The number of nitrogens with zero attached hydrogens (tertiary/aromatic N) is 5. The summed E-state index contributed by atoms with van der Waals surface area (Å²) >= 11 is 1.39. The Morgan fingerprint density at radius 2 is 2.23 bits per heavy atom. The molecule has 1 aromatic carbocycles. The average Bonchev–Trinajstić information content (AvgIpc) is 3.10. The molecule has 0 aliphatic carbocycles. The fraction of sp³-hybridized carbons (Fsp3) is 0.214. The molecule has 0 aliphatic rings. The third kappa shape index (κ3) is 3.17. The first kappa shape index (κ1) is 14.3. The van der Waals surface area contributed by atoms with Crippen molar-refractivity contribution >= 4 is 22.4 Å². The normalized spacial score (nSPS) is 10.6. The zero-order chi connectivity index (χ0) is 15.5. The van der Waals surface area contributed by atoms with E-state index in [1.807, 2.05) is 11.4 Å². The molecule has 3 rings (SSSR count). The molecule has 1 amide bonds. The van der Waals surface area contributed by atoms with Crippen molar-refractivity contribution < 1.29 is 4.79 Å². The van der Waals surface area contributed by atoms with Crippen molar-refractivity contribution in [3.8, 4) is 11.3 Å². The summed E-state index contributed by atoms with van der Waals surface area (Å²) in [6.45, 7) is 4.17. The van der Waals surface area contributed by atoms with E-state index in [-0.39, 0.29) is 12.5 Å². The summed E-state index contributed by atoms with van der Waals surface area (Å²) in [6, 6.07) is 6.22. The van der Waals surface area contributed by atoms with Crippen molar-refractivity contribution in [2.75, 3.05) is 5.32 Å². The van der Waals surface area contributed by atoms with Crippen LogP contribution in [0.25, 0.3) is 11.3 Å². The van der Waals surface area contributed by atoms with Crippen LogP contribution in [-0.4, -0.2) is 31.1 Å². The van der Waals surface area contributed by atoms with Crippen LogP contribution in [0.2, 0.25) is 0 Å². The van der Waals surface area contributed by atoms with E-state index >= 15 is 0 Å². The highest BCUT2D eigenvalue weighted by Crippen LogP contribution is 2.27. The van der Waals surface area contributed by atoms with Crippen LogP contribution in [0.15, 0.2) is 29.9 Å². The fourth-order valence-corrected chi connectivity index (χ4v) is 2.84. The van der Waals surface area contributed by atoms with Crippen LogP contribution in [0.5, 0.6) is 0 Å². The zero-order valence-electron chi connectivity index (χ0n) is 12.1. The summed E-state index contributed by atoms with van der Waals surface area (Å²) in [6.07, 6.45) is 1.39. The molecule has 7 nitrogen and oxygen atoms in total. The van der Waals surface area contributed by atoms with Crippen LogP contribution >= 0.6 is 11.3 Å². The summed E-state index contributed by atoms with van der Waals surface area (Å²) in [5, 5.41) is 15.9. The second-order valence-electron chi connectivity index (χ2n) is 4.91. The number of benzene rings is 1. The first-order chi connectivity index (χ1) is 10.6. The summed E-state index contributed by atoms with van der Waals surface area (Å²) in [5.41, 5.74) is 4.31. The highest BCUT2D eigenvalue weighted by molar-refractivity contribution is 7.14. The highest BCUT2D eigenvalue weighted by Gasteiger charge is 2.10. The van der Waals surface area contributed by atoms with Gasteiger partial charge in [0.15, 0.2) is 5.13 Å². The molecular weight excluding hydrogens is 300 g/mol. The van der Waals surface area contributed by atoms with Crippen LogP contribution in [0.4, 0.5) is 5.13 Å². The van der Waals surface area contributed by atoms with E-state index in [1.54, 1.807) is 0 Å². The lowest BCUT2D eigenvalue weighted by molar-refractivity contribution is -0.116. The maximum atomic E-state index is 11.9. The van der Waals surface area contributed by atoms with E-state index in [2.05, 4.69) is 51.8 Å². The van der Waals surface area contributed by atoms with Gasteiger partial charge in [0.2, 0.25) is 5.91 Å². The van der Waals surface area contributed by atoms with Crippen molar-refractivity contribution in [2.45, 2.75) is 20.4 Å². The molecule has 112 valence electrons. The van der Waals surface area contributed by atoms with Crippen LogP contribution in [0, 0.1) is 13.8 Å². The zero-order valence-corrected chi connectivity index (χ0v) is 13.0. The van der Waals surface area contributed by atoms with Crippen molar-refractivity contribution in [2.24, 2.45) is 0 Å². The number of thiazole rings is 1. The molecule has 0 aliphatic heterocycles. The van der Waals surface area contributed by atoms with Gasteiger partial charge < -0.3 is 5.32 Å². The molecule has 0 saturated heterocycles. The lowest BCUT2D eigenvalue weighted by Gasteiger charge is -2.04. The Morgan fingerprint density at radius 3 is 2.95 bits per heavy atom. The maximum Gasteiger partial charge on any atom is 0.248 e. The molecule has 0 spiro atoms. The number of carbonyl (C=O) groups excluding carboxylic acids is 1. The Hall–Kier alpha value is -2.61. The molecule has 0 unspecified atom stereocenters. The summed E-state index contributed by atoms with van der Waals surface area (Å²) in [7, 11) is 0. The highest BCUT2D eigenvalue weighted by atomic mass is 32.1. The molecule has 0 radical (unpaired) electrons. The Balaban J connectivity index is 1.72. The molecule has 3 aromatic rings. The molecule has 0 fully saturated rings. The van der Waals surface area contributed by atoms with Gasteiger partial charge in [-0.1, -0.05) is 23.8 Å². The smallest absolute Gasteiger partial charge is 0.248 e. The summed E-state index contributed by atoms with van der Waals surface area (Å²) in [5.74, 6) is -0.214. The second-order valence-corrected chi connectivity index (χ2v) is 5.77. The van der Waals surface area contributed by atoms with Crippen LogP contribution in [0.3, 0.4) is 0 Å². The topological polar surface area (TPSA) is 85.6 Å². The van der Waals surface area contributed by atoms with Crippen molar-refractivity contribution in [1.82, 2.24) is 25.2 Å². The fourth-order valence-electron chi connectivity index (χ4n) is 2.11. The monoisotopic (exact) mass is 314 g/mol. The number of tetrazole rings is 1. The van der Waals surface area contributed by atoms with E-state index < -0.39 is 0 Å². The van der Waals surface area contributed by atoms with Crippen molar-refractivity contribution in [1.29, 1.82) is 0 Å². The van der Waals surface area contributed by atoms with Gasteiger partial charge in [0, 0.05) is 10.9 Å². The number of rotatable bonds is 4. The van der Waals surface area contributed by atoms with Gasteiger partial charge in [-0.25, -0.2) is 9.67 Å². The molecule has 0 bridgehead atoms. The van der Waals surface area contributed by atoms with Crippen molar-refractivity contribution in [3.05, 3.63) is 41.0 Å². The second kappa shape index (κ2) is 6.02. The quantitative estimate of drug-likeness (QED) is 0.796. The van der Waals surface area contributed by atoms with Gasteiger partial charge in [-0.2, -0.15) is 0 Å². The Morgan fingerprint density at radius 1 is 1.36 bits per heavy atom. The Bertz CT molecular complexity index is 796. The molecule has 2 heterocycles. The van der Waals surface area contributed by atoms with E-state index in [0.29, 0.717) is 5.13 Å². The van der Waals surface area contributed by atoms with Gasteiger partial charge >= 0.3 is 0 Å². The summed E-state index contributed by atoms with van der Waals surface area (Å²) in [4.78, 5) is 16.3. The molecule has 2 aromatic heterocycles. The van der Waals surface area contributed by atoms with Gasteiger partial charge in [-0.05, 0) is 29.8 Å². The minimum absolute atomic E-state index is 0.0610. The number of aryl methyl sites for hydroxylation is 2. The van der Waals surface area contributed by atoms with Crippen LogP contribution in [0.1, 0.15) is 11.1 Å². The van der Waals surface area contributed by atoms with Gasteiger partial charge in [-0.15, -0.1) is 16.4 Å². The number of hydrogen-bond donors (Lipinski definition) is 1. The number of carbonyl (C=O) groups is 1. The third-order valence-electron chi connectivity index (χ3n) is 3.11. The van der Waals surface area contributed by atoms with Crippen molar-refractivity contribution in [3.63, 3.8) is 0 Å². The van der Waals surface area contributed by atoms with Gasteiger partial charge in [0.25, 0.3) is 0 Å². The van der Waals surface area contributed by atoms with Gasteiger partial charge in [0.1, 0.15) is 12.9 Å². The Kier molecular flexibility index (Phi) is 3.92. The minimum Gasteiger partial charge on any atom is -0.300 e. The van der Waals surface area contributed by atoms with Crippen LogP contribution < -0.4 is 5.32 Å². The molecule has 0 atom stereocenters. The van der Waals surface area contributed by atoms with E-state index in [0.717, 1.165) is 16.8 Å². The third-order valence-corrected chi connectivity index (χ3v) is 3.86. The predicted molar refractivity (Wildman–Crippen MR) is 83.5 cm³/mol. The first-order valence-electron chi connectivity index (χ1n) is 6.65. The minimum atomic E-state index is -0.214. The largest absolute Gasteiger partial charge is 0.300 e. The Labute approximate surface area is 131 Å². The van der Waals surface area contributed by atoms with E-state index in [4.69, 9.17) is 0 Å². The molecule has 0 saturated carbocycles. The lowest BCUT2D eigenvalue weighted by atomic mass is 10.0. The first-order valence-corrected chi connectivity index (χ1v) is 7.53. The number of hydrogen-bond acceptors (Lipinski definition) is 6. The average molecular weight is 314 g/mol. The summed E-state index contributed by atoms with van der Waals surface area (Å²) < 4.78 is 1.36. The predicted octanol–water partition coefficient (Wildman–Crippen LogP) is 2.05. The lowest BCUT2D eigenvalue weighted by Crippen LogP contribution is -2.19. The number of nitrogens with one attached hydrogen (secondary N) is 1. The van der Waals surface area contributed by atoms with E-state index in [9.17, 15) is 4.79 Å². The molecule has 8 heteroatoms. The number of anilines is 1. The maximum absolute atomic E-state index is 11.9. The number of amides is 1. The number of aromatic nitrogens is 5. The van der Waals surface area contributed by atoms with Gasteiger partial charge in [-0.3, -0.25) is 4.79 Å². The van der Waals surface area contributed by atoms with Crippen LogP contribution in [-0.2, 0) is 11.3 Å². The molecule has 22 heavy (non-hydrogen) atoms. The molecule has 1 N–H and O–H groups in total. The van der Waals surface area contributed by atoms with Gasteiger partial charge in [0.05, 0.1) is 5.69 Å². The van der Waals surface area contributed by atoms with E-state index in [1.165, 1.54) is 27.9 Å². The SMILES string of the molecule is Cc1ccc(-c2csc(NC(=O)Cn3cnnn3)n2)c(C)c1. The standard InChI is InChI=1S/C14H14N6OS/c1-9-3-4-11(10(2)5-9)12-7-22-14(16-12)17-13(21)6-20-8-15-18-19-20/h3-5,7-8H,6H2,1-2H3,(H,16,17,21). The molecular formula is C14H14N6OS.